The maximum Gasteiger partial charge on any atom is 0.355 e. The molecule has 29 heavy (non-hydrogen) atoms. The van der Waals surface area contributed by atoms with E-state index in [1.165, 1.54) is 19.0 Å². The number of ketones is 1. The molecule has 0 spiro atoms. The van der Waals surface area contributed by atoms with Gasteiger partial charge in [0.15, 0.2) is 5.71 Å². The Labute approximate surface area is 169 Å². The van der Waals surface area contributed by atoms with Crippen LogP contribution in [0, 0.1) is 5.92 Å². The van der Waals surface area contributed by atoms with Gasteiger partial charge in [0.25, 0.3) is 5.91 Å². The van der Waals surface area contributed by atoms with Crippen LogP contribution in [0.25, 0.3) is 0 Å². The smallest absolute Gasteiger partial charge is 0.355 e. The number of nitrogens with zero attached hydrogens (tertiary/aromatic N) is 3. The second-order valence-electron chi connectivity index (χ2n) is 7.97. The number of hydrazone groups is 1. The number of amides is 2. The molecular formula is C21H25N3O5. The molecule has 1 aromatic rings. The number of fused-ring (bicyclic) bond motifs is 1. The van der Waals surface area contributed by atoms with Crippen LogP contribution in [0.4, 0.5) is 5.69 Å². The van der Waals surface area contributed by atoms with E-state index in [9.17, 15) is 19.2 Å². The van der Waals surface area contributed by atoms with Crippen LogP contribution in [0.15, 0.2) is 29.4 Å². The minimum absolute atomic E-state index is 0.0861. The van der Waals surface area contributed by atoms with Gasteiger partial charge in [-0.25, -0.2) is 9.69 Å². The fraction of sp³-hybridized carbons (Fsp3) is 0.476. The summed E-state index contributed by atoms with van der Waals surface area (Å²) in [5.41, 5.74) is 0.553. The van der Waals surface area contributed by atoms with E-state index in [0.717, 1.165) is 16.9 Å². The van der Waals surface area contributed by atoms with Crippen molar-refractivity contribution in [2.75, 3.05) is 12.0 Å². The average molecular weight is 399 g/mol. The summed E-state index contributed by atoms with van der Waals surface area (Å²) in [6.07, 6.45) is 0.945. The van der Waals surface area contributed by atoms with E-state index in [1.807, 2.05) is 19.1 Å². The molecule has 2 aliphatic heterocycles. The molecule has 1 fully saturated rings. The zero-order valence-electron chi connectivity index (χ0n) is 17.3. The molecule has 8 nitrogen and oxygen atoms in total. The molecule has 0 radical (unpaired) electrons. The van der Waals surface area contributed by atoms with Crippen LogP contribution in [-0.2, 0) is 30.3 Å². The van der Waals surface area contributed by atoms with Crippen molar-refractivity contribution in [2.45, 2.75) is 52.1 Å². The molecule has 2 heterocycles. The SMILES string of the molecule is CCc1ccc(N2C(=O)[C@@H]3C(C(=O)OC)=NN(C(C)(C)CC(C)=O)[C@H]3C2=O)cc1. The van der Waals surface area contributed by atoms with Crippen LogP contribution >= 0.6 is 0 Å². The zero-order valence-corrected chi connectivity index (χ0v) is 17.3. The number of rotatable bonds is 6. The highest BCUT2D eigenvalue weighted by Gasteiger charge is 2.60. The summed E-state index contributed by atoms with van der Waals surface area (Å²) < 4.78 is 4.79. The number of anilines is 1. The molecule has 1 aromatic carbocycles. The molecule has 1 saturated heterocycles. The molecule has 0 bridgehead atoms. The fourth-order valence-corrected chi connectivity index (χ4v) is 4.02. The summed E-state index contributed by atoms with van der Waals surface area (Å²) in [4.78, 5) is 51.7. The molecule has 0 unspecified atom stereocenters. The lowest BCUT2D eigenvalue weighted by atomic mass is 9.92. The topological polar surface area (TPSA) is 96.3 Å². The first-order valence-corrected chi connectivity index (χ1v) is 9.54. The summed E-state index contributed by atoms with van der Waals surface area (Å²) >= 11 is 0. The van der Waals surface area contributed by atoms with E-state index in [1.54, 1.807) is 26.0 Å². The Kier molecular flexibility index (Phi) is 5.30. The van der Waals surface area contributed by atoms with Crippen molar-refractivity contribution in [2.24, 2.45) is 11.0 Å². The summed E-state index contributed by atoms with van der Waals surface area (Å²) in [7, 11) is 1.20. The summed E-state index contributed by atoms with van der Waals surface area (Å²) in [6.45, 7) is 6.97. The van der Waals surface area contributed by atoms with Gasteiger partial charge in [0.05, 0.1) is 18.3 Å². The van der Waals surface area contributed by atoms with E-state index >= 15 is 0 Å². The van der Waals surface area contributed by atoms with Gasteiger partial charge in [-0.15, -0.1) is 0 Å². The number of carbonyl (C=O) groups excluding carboxylic acids is 4. The highest BCUT2D eigenvalue weighted by Crippen LogP contribution is 2.39. The van der Waals surface area contributed by atoms with Crippen molar-refractivity contribution in [1.29, 1.82) is 0 Å². The zero-order chi connectivity index (χ0) is 21.5. The summed E-state index contributed by atoms with van der Waals surface area (Å²) in [6, 6.07) is 6.16. The van der Waals surface area contributed by atoms with Crippen LogP contribution in [0.2, 0.25) is 0 Å². The molecule has 2 aliphatic rings. The quantitative estimate of drug-likeness (QED) is 0.534. The number of ether oxygens (including phenoxy) is 1. The monoisotopic (exact) mass is 399 g/mol. The summed E-state index contributed by atoms with van der Waals surface area (Å²) in [5.74, 6) is -2.90. The molecule has 2 amide bonds. The van der Waals surface area contributed by atoms with Crippen LogP contribution < -0.4 is 4.90 Å². The van der Waals surface area contributed by atoms with Gasteiger partial charge >= 0.3 is 5.97 Å². The van der Waals surface area contributed by atoms with Crippen molar-refractivity contribution in [3.63, 3.8) is 0 Å². The summed E-state index contributed by atoms with van der Waals surface area (Å²) in [5, 5.41) is 5.70. The van der Waals surface area contributed by atoms with Gasteiger partial charge in [-0.1, -0.05) is 19.1 Å². The van der Waals surface area contributed by atoms with Gasteiger partial charge in [0, 0.05) is 6.42 Å². The maximum absolute atomic E-state index is 13.3. The largest absolute Gasteiger partial charge is 0.464 e. The Morgan fingerprint density at radius 3 is 2.28 bits per heavy atom. The number of Topliss-reactive ketones (excluding diaryl/α,β-unsaturated/α-hetero) is 1. The highest BCUT2D eigenvalue weighted by molar-refractivity contribution is 6.46. The number of imide groups is 1. The molecule has 0 aromatic heterocycles. The van der Waals surface area contributed by atoms with Crippen molar-refractivity contribution >= 4 is 35.0 Å². The molecular weight excluding hydrogens is 374 g/mol. The molecule has 2 atom stereocenters. The van der Waals surface area contributed by atoms with Crippen LogP contribution in [0.5, 0.6) is 0 Å². The van der Waals surface area contributed by atoms with Crippen molar-refractivity contribution in [3.8, 4) is 0 Å². The Morgan fingerprint density at radius 2 is 1.76 bits per heavy atom. The minimum Gasteiger partial charge on any atom is -0.464 e. The first kappa shape index (κ1) is 20.7. The molecule has 8 heteroatoms. The van der Waals surface area contributed by atoms with Gasteiger partial charge in [-0.05, 0) is 44.9 Å². The maximum atomic E-state index is 13.3. The normalized spacial score (nSPS) is 21.3. The number of carbonyl (C=O) groups is 4. The number of benzene rings is 1. The van der Waals surface area contributed by atoms with Gasteiger partial charge in [0.1, 0.15) is 17.7 Å². The lowest BCUT2D eigenvalue weighted by Gasteiger charge is -2.36. The number of hydrogen-bond donors (Lipinski definition) is 0. The van der Waals surface area contributed by atoms with Crippen LogP contribution in [0.1, 0.15) is 39.7 Å². The van der Waals surface area contributed by atoms with Crippen LogP contribution in [-0.4, -0.2) is 53.0 Å². The third kappa shape index (κ3) is 3.43. The van der Waals surface area contributed by atoms with Gasteiger partial charge in [-0.2, -0.15) is 5.10 Å². The predicted molar refractivity (Wildman–Crippen MR) is 106 cm³/mol. The number of aryl methyl sites for hydroxylation is 1. The first-order valence-electron chi connectivity index (χ1n) is 9.54. The molecule has 3 rings (SSSR count). The average Bonchev–Trinajstić information content (AvgIpc) is 3.18. The Bertz CT molecular complexity index is 903. The van der Waals surface area contributed by atoms with Crippen LogP contribution in [0.3, 0.4) is 0 Å². The highest BCUT2D eigenvalue weighted by atomic mass is 16.5. The first-order chi connectivity index (χ1) is 13.6. The molecule has 0 aliphatic carbocycles. The van der Waals surface area contributed by atoms with E-state index in [-0.39, 0.29) is 17.9 Å². The molecule has 0 N–H and O–H groups in total. The number of methoxy groups -OCH3 is 1. The predicted octanol–water partition coefficient (Wildman–Crippen LogP) is 1.71. The van der Waals surface area contributed by atoms with E-state index in [4.69, 9.17) is 4.74 Å². The van der Waals surface area contributed by atoms with E-state index in [0.29, 0.717) is 5.69 Å². The second kappa shape index (κ2) is 7.42. The van der Waals surface area contributed by atoms with Gasteiger partial charge in [0.2, 0.25) is 5.91 Å². The van der Waals surface area contributed by atoms with Gasteiger partial charge < -0.3 is 4.74 Å². The fourth-order valence-electron chi connectivity index (χ4n) is 4.02. The van der Waals surface area contributed by atoms with E-state index < -0.39 is 35.3 Å². The Balaban J connectivity index is 2.05. The van der Waals surface area contributed by atoms with Gasteiger partial charge in [-0.3, -0.25) is 19.4 Å². The minimum atomic E-state index is -1.06. The molecule has 154 valence electrons. The molecule has 0 saturated carbocycles. The Morgan fingerprint density at radius 1 is 1.14 bits per heavy atom. The Hall–Kier alpha value is -3.03. The number of esters is 1. The van der Waals surface area contributed by atoms with Crippen molar-refractivity contribution in [3.05, 3.63) is 29.8 Å². The van der Waals surface area contributed by atoms with E-state index in [2.05, 4.69) is 5.10 Å². The second-order valence-corrected chi connectivity index (χ2v) is 7.97. The van der Waals surface area contributed by atoms with Crippen molar-refractivity contribution < 1.29 is 23.9 Å². The standard InChI is InChI=1S/C21H25N3O5/c1-6-13-7-9-14(10-8-13)23-18(26)15-16(20(28)29-5)22-24(17(15)19(23)27)21(3,4)11-12(2)25/h7-10,15,17H,6,11H2,1-5H3/t15-,17-/m1/s1. The van der Waals surface area contributed by atoms with Crippen molar-refractivity contribution in [1.82, 2.24) is 5.01 Å². The third-order valence-electron chi connectivity index (χ3n) is 5.35. The lowest BCUT2D eigenvalue weighted by Crippen LogP contribution is -2.50. The number of hydrogen-bond acceptors (Lipinski definition) is 7. The third-order valence-corrected chi connectivity index (χ3v) is 5.35. The lowest BCUT2D eigenvalue weighted by molar-refractivity contribution is -0.133.